The number of halogens is 1. The second-order valence-electron chi connectivity index (χ2n) is 4.48. The summed E-state index contributed by atoms with van der Waals surface area (Å²) in [6, 6.07) is 4.75. The van der Waals surface area contributed by atoms with E-state index in [4.69, 9.17) is 11.6 Å². The first-order valence-electron chi connectivity index (χ1n) is 5.61. The Morgan fingerprint density at radius 1 is 1.33 bits per heavy atom. The highest BCUT2D eigenvalue weighted by Crippen LogP contribution is 2.35. The van der Waals surface area contributed by atoms with Gasteiger partial charge in [-0.1, -0.05) is 31.5 Å². The molecule has 1 aromatic rings. The van der Waals surface area contributed by atoms with E-state index in [1.54, 1.807) is 32.0 Å². The smallest absolute Gasteiger partial charge is 0.297 e. The molecule has 1 aliphatic rings. The van der Waals surface area contributed by atoms with Crippen LogP contribution in [-0.2, 0) is 9.59 Å². The monoisotopic (exact) mass is 265 g/mol. The second-order valence-corrected chi connectivity index (χ2v) is 4.88. The van der Waals surface area contributed by atoms with Crippen molar-refractivity contribution in [2.45, 2.75) is 13.8 Å². The summed E-state index contributed by atoms with van der Waals surface area (Å²) in [5.74, 6) is -1.60. The maximum absolute atomic E-state index is 11.8. The van der Waals surface area contributed by atoms with E-state index < -0.39 is 11.7 Å². The van der Waals surface area contributed by atoms with E-state index >= 15 is 0 Å². The van der Waals surface area contributed by atoms with Crippen molar-refractivity contribution < 1.29 is 14.4 Å². The van der Waals surface area contributed by atoms with Gasteiger partial charge < -0.3 is 0 Å². The lowest BCUT2D eigenvalue weighted by Gasteiger charge is -2.17. The van der Waals surface area contributed by atoms with Crippen LogP contribution in [0.2, 0.25) is 5.02 Å². The molecule has 1 amide bonds. The Kier molecular flexibility index (Phi) is 3.22. The molecule has 4 nitrogen and oxygen atoms in total. The summed E-state index contributed by atoms with van der Waals surface area (Å²) in [7, 11) is 0. The standard InChI is InChI=1S/C13H12ClNO3/c1-7(2)10(16)6-15-11-8(12(17)13(15)18)4-3-5-9(11)14/h3-5,7H,6H2,1-2H3. The third kappa shape index (κ3) is 1.93. The fraction of sp³-hybridized carbons (Fsp3) is 0.308. The molecular formula is C13H12ClNO3. The molecule has 0 saturated heterocycles. The number of nitrogens with zero attached hydrogens (tertiary/aromatic N) is 1. The van der Waals surface area contributed by atoms with E-state index in [1.807, 2.05) is 0 Å². The summed E-state index contributed by atoms with van der Waals surface area (Å²) in [4.78, 5) is 36.5. The van der Waals surface area contributed by atoms with Gasteiger partial charge in [0, 0.05) is 5.92 Å². The van der Waals surface area contributed by atoms with Crippen LogP contribution in [0, 0.1) is 5.92 Å². The van der Waals surface area contributed by atoms with E-state index in [0.717, 1.165) is 0 Å². The fourth-order valence-corrected chi connectivity index (χ4v) is 2.08. The van der Waals surface area contributed by atoms with Crippen molar-refractivity contribution in [3.05, 3.63) is 28.8 Å². The van der Waals surface area contributed by atoms with Crippen molar-refractivity contribution in [2.75, 3.05) is 11.4 Å². The number of rotatable bonds is 3. The first-order chi connectivity index (χ1) is 8.43. The number of benzene rings is 1. The number of carbonyl (C=O) groups excluding carboxylic acids is 3. The number of para-hydroxylation sites is 1. The molecule has 0 unspecified atom stereocenters. The number of amides is 1. The topological polar surface area (TPSA) is 54.5 Å². The van der Waals surface area contributed by atoms with E-state index in [1.165, 1.54) is 4.90 Å². The summed E-state index contributed by atoms with van der Waals surface area (Å²) >= 11 is 6.00. The van der Waals surface area contributed by atoms with Crippen molar-refractivity contribution in [1.82, 2.24) is 0 Å². The molecule has 18 heavy (non-hydrogen) atoms. The number of Topliss-reactive ketones (excluding diaryl/α,β-unsaturated/α-hetero) is 2. The fourth-order valence-electron chi connectivity index (χ4n) is 1.80. The molecule has 0 fully saturated rings. The minimum absolute atomic E-state index is 0.107. The Balaban J connectivity index is 2.43. The van der Waals surface area contributed by atoms with Gasteiger partial charge in [-0.15, -0.1) is 0 Å². The molecule has 0 bridgehead atoms. The van der Waals surface area contributed by atoms with Crippen LogP contribution in [0.5, 0.6) is 0 Å². The first-order valence-corrected chi connectivity index (χ1v) is 5.98. The molecule has 5 heteroatoms. The molecule has 1 aromatic carbocycles. The predicted octanol–water partition coefficient (Wildman–Crippen LogP) is 2.09. The third-order valence-electron chi connectivity index (χ3n) is 2.90. The van der Waals surface area contributed by atoms with Crippen LogP contribution in [0.15, 0.2) is 18.2 Å². The van der Waals surface area contributed by atoms with Gasteiger partial charge in [0.15, 0.2) is 5.78 Å². The Bertz CT molecular complexity index is 551. The van der Waals surface area contributed by atoms with Crippen molar-refractivity contribution >= 4 is 34.8 Å². The molecule has 0 saturated carbocycles. The van der Waals surface area contributed by atoms with Gasteiger partial charge in [0.2, 0.25) is 0 Å². The summed E-state index contributed by atoms with van der Waals surface area (Å²) in [6.45, 7) is 3.38. The number of ketones is 2. The molecule has 2 rings (SSSR count). The predicted molar refractivity (Wildman–Crippen MR) is 68.0 cm³/mol. The van der Waals surface area contributed by atoms with E-state index in [-0.39, 0.29) is 23.8 Å². The Morgan fingerprint density at radius 3 is 2.61 bits per heavy atom. The maximum atomic E-state index is 11.8. The highest BCUT2D eigenvalue weighted by atomic mass is 35.5. The van der Waals surface area contributed by atoms with E-state index in [9.17, 15) is 14.4 Å². The lowest BCUT2D eigenvalue weighted by Crippen LogP contribution is -2.36. The number of anilines is 1. The number of hydrogen-bond donors (Lipinski definition) is 0. The van der Waals surface area contributed by atoms with Crippen LogP contribution in [-0.4, -0.2) is 24.0 Å². The highest BCUT2D eigenvalue weighted by molar-refractivity contribution is 6.54. The maximum Gasteiger partial charge on any atom is 0.299 e. The number of carbonyl (C=O) groups is 3. The minimum Gasteiger partial charge on any atom is -0.297 e. The second kappa shape index (κ2) is 4.53. The van der Waals surface area contributed by atoms with Crippen molar-refractivity contribution in [3.8, 4) is 0 Å². The quantitative estimate of drug-likeness (QED) is 0.787. The molecule has 0 spiro atoms. The Morgan fingerprint density at radius 2 is 2.00 bits per heavy atom. The third-order valence-corrected chi connectivity index (χ3v) is 3.20. The van der Waals surface area contributed by atoms with Crippen molar-refractivity contribution in [3.63, 3.8) is 0 Å². The zero-order chi connectivity index (χ0) is 13.4. The lowest BCUT2D eigenvalue weighted by molar-refractivity contribution is -0.122. The molecular weight excluding hydrogens is 254 g/mol. The van der Waals surface area contributed by atoms with E-state index in [0.29, 0.717) is 10.7 Å². The SMILES string of the molecule is CC(C)C(=O)CN1C(=O)C(=O)c2cccc(Cl)c21. The Hall–Kier alpha value is -1.68. The normalized spacial score (nSPS) is 14.3. The molecule has 0 aromatic heterocycles. The molecule has 94 valence electrons. The van der Waals surface area contributed by atoms with E-state index in [2.05, 4.69) is 0 Å². The van der Waals surface area contributed by atoms with Crippen molar-refractivity contribution in [1.29, 1.82) is 0 Å². The van der Waals surface area contributed by atoms with Gasteiger partial charge in [-0.2, -0.15) is 0 Å². The lowest BCUT2D eigenvalue weighted by atomic mass is 10.1. The summed E-state index contributed by atoms with van der Waals surface area (Å²) in [5, 5.41) is 0.309. The van der Waals surface area contributed by atoms with Gasteiger partial charge in [0.05, 0.1) is 22.8 Å². The van der Waals surface area contributed by atoms with Crippen LogP contribution in [0.3, 0.4) is 0 Å². The molecule has 0 atom stereocenters. The van der Waals surface area contributed by atoms with Crippen LogP contribution < -0.4 is 4.90 Å². The summed E-state index contributed by atoms with van der Waals surface area (Å²) in [5.41, 5.74) is 0.618. The number of fused-ring (bicyclic) bond motifs is 1. The average Bonchev–Trinajstić information content (AvgIpc) is 2.56. The molecule has 0 aliphatic carbocycles. The first kappa shape index (κ1) is 12.8. The highest BCUT2D eigenvalue weighted by Gasteiger charge is 2.38. The van der Waals surface area contributed by atoms with Gasteiger partial charge >= 0.3 is 0 Å². The number of hydrogen-bond acceptors (Lipinski definition) is 3. The van der Waals surface area contributed by atoms with Crippen LogP contribution >= 0.6 is 11.6 Å². The molecule has 1 heterocycles. The van der Waals surface area contributed by atoms with Gasteiger partial charge in [-0.3, -0.25) is 19.3 Å². The summed E-state index contributed by atoms with van der Waals surface area (Å²) < 4.78 is 0. The molecule has 0 N–H and O–H groups in total. The minimum atomic E-state index is -0.688. The Labute approximate surface area is 110 Å². The van der Waals surface area contributed by atoms with Crippen LogP contribution in [0.4, 0.5) is 5.69 Å². The zero-order valence-corrected chi connectivity index (χ0v) is 10.8. The molecule has 1 aliphatic heterocycles. The van der Waals surface area contributed by atoms with Gasteiger partial charge in [0.1, 0.15) is 0 Å². The zero-order valence-electron chi connectivity index (χ0n) is 10.1. The van der Waals surface area contributed by atoms with Crippen LogP contribution in [0.1, 0.15) is 24.2 Å². The van der Waals surface area contributed by atoms with Gasteiger partial charge in [0.25, 0.3) is 11.7 Å². The molecule has 0 radical (unpaired) electrons. The van der Waals surface area contributed by atoms with Crippen molar-refractivity contribution in [2.24, 2.45) is 5.92 Å². The van der Waals surface area contributed by atoms with Gasteiger partial charge in [-0.25, -0.2) is 0 Å². The average molecular weight is 266 g/mol. The largest absolute Gasteiger partial charge is 0.299 e. The summed E-state index contributed by atoms with van der Waals surface area (Å²) in [6.07, 6.45) is 0. The van der Waals surface area contributed by atoms with Crippen LogP contribution in [0.25, 0.3) is 0 Å². The van der Waals surface area contributed by atoms with Gasteiger partial charge in [-0.05, 0) is 12.1 Å².